The number of hydrogen-bond donors (Lipinski definition) is 0. The number of thioether (sulfide) groups is 2. The molecule has 0 unspecified atom stereocenters. The Balaban J connectivity index is 3.06. The SMILES string of the molecule is CCCSC(=O)CSC. The van der Waals surface area contributed by atoms with Crippen molar-refractivity contribution in [3.63, 3.8) is 0 Å². The molecular formula is C6H12OS2. The normalized spacial score (nSPS) is 9.56. The molecule has 0 aromatic carbocycles. The lowest BCUT2D eigenvalue weighted by atomic mass is 10.6. The maximum Gasteiger partial charge on any atom is 0.198 e. The largest absolute Gasteiger partial charge is 0.286 e. The summed E-state index contributed by atoms with van der Waals surface area (Å²) >= 11 is 3.03. The maximum atomic E-state index is 10.7. The van der Waals surface area contributed by atoms with Gasteiger partial charge in [0.1, 0.15) is 0 Å². The summed E-state index contributed by atoms with van der Waals surface area (Å²) in [5.41, 5.74) is 0. The van der Waals surface area contributed by atoms with Crippen LogP contribution in [0.3, 0.4) is 0 Å². The van der Waals surface area contributed by atoms with E-state index >= 15 is 0 Å². The van der Waals surface area contributed by atoms with Crippen LogP contribution in [0.2, 0.25) is 0 Å². The molecule has 0 aliphatic carbocycles. The van der Waals surface area contributed by atoms with Gasteiger partial charge in [-0.1, -0.05) is 18.7 Å². The maximum absolute atomic E-state index is 10.7. The summed E-state index contributed by atoms with van der Waals surface area (Å²) < 4.78 is 0. The summed E-state index contributed by atoms with van der Waals surface area (Å²) in [7, 11) is 0. The Morgan fingerprint density at radius 2 is 2.22 bits per heavy atom. The summed E-state index contributed by atoms with van der Waals surface area (Å²) in [5.74, 6) is 1.63. The monoisotopic (exact) mass is 164 g/mol. The Bertz CT molecular complexity index is 83.1. The predicted molar refractivity (Wildman–Crippen MR) is 46.1 cm³/mol. The number of hydrogen-bond acceptors (Lipinski definition) is 3. The van der Waals surface area contributed by atoms with E-state index in [0.29, 0.717) is 10.9 Å². The lowest BCUT2D eigenvalue weighted by Gasteiger charge is -1.93. The molecule has 0 saturated carbocycles. The first-order chi connectivity index (χ1) is 4.31. The summed E-state index contributed by atoms with van der Waals surface area (Å²) in [6.45, 7) is 2.08. The molecule has 0 saturated heterocycles. The van der Waals surface area contributed by atoms with Gasteiger partial charge in [-0.25, -0.2) is 0 Å². The van der Waals surface area contributed by atoms with Gasteiger partial charge in [0.15, 0.2) is 5.12 Å². The van der Waals surface area contributed by atoms with Gasteiger partial charge in [-0.2, -0.15) is 11.8 Å². The van der Waals surface area contributed by atoms with E-state index in [4.69, 9.17) is 0 Å². The minimum absolute atomic E-state index is 0.310. The van der Waals surface area contributed by atoms with Crippen molar-refractivity contribution in [2.24, 2.45) is 0 Å². The molecule has 0 heterocycles. The molecule has 0 amide bonds. The van der Waals surface area contributed by atoms with Gasteiger partial charge in [0.25, 0.3) is 0 Å². The van der Waals surface area contributed by atoms with Crippen LogP contribution in [0.5, 0.6) is 0 Å². The predicted octanol–water partition coefficient (Wildman–Crippen LogP) is 2.02. The van der Waals surface area contributed by atoms with Gasteiger partial charge in [0.2, 0.25) is 0 Å². The zero-order valence-corrected chi connectivity index (χ0v) is 7.48. The van der Waals surface area contributed by atoms with Crippen LogP contribution in [-0.4, -0.2) is 22.9 Å². The second-order valence-corrected chi connectivity index (χ2v) is 3.67. The zero-order chi connectivity index (χ0) is 7.11. The Morgan fingerprint density at radius 1 is 1.56 bits per heavy atom. The average Bonchev–Trinajstić information content (AvgIpc) is 1.85. The molecule has 0 aromatic heterocycles. The van der Waals surface area contributed by atoms with E-state index in [0.717, 1.165) is 12.2 Å². The molecule has 0 radical (unpaired) electrons. The van der Waals surface area contributed by atoms with Gasteiger partial charge in [-0.3, -0.25) is 4.79 Å². The molecule has 9 heavy (non-hydrogen) atoms. The van der Waals surface area contributed by atoms with Crippen LogP contribution < -0.4 is 0 Å². The first kappa shape index (κ1) is 9.37. The Kier molecular flexibility index (Phi) is 6.76. The molecule has 0 aromatic rings. The molecule has 0 rings (SSSR count). The molecule has 0 aliphatic heterocycles. The van der Waals surface area contributed by atoms with Gasteiger partial charge in [0, 0.05) is 5.75 Å². The van der Waals surface area contributed by atoms with Crippen molar-refractivity contribution < 1.29 is 4.79 Å². The van der Waals surface area contributed by atoms with Crippen molar-refractivity contribution in [1.29, 1.82) is 0 Å². The van der Waals surface area contributed by atoms with Crippen molar-refractivity contribution >= 4 is 28.6 Å². The quantitative estimate of drug-likeness (QED) is 0.633. The topological polar surface area (TPSA) is 17.1 Å². The van der Waals surface area contributed by atoms with Crippen LogP contribution in [0.4, 0.5) is 0 Å². The fourth-order valence-electron chi connectivity index (χ4n) is 0.375. The van der Waals surface area contributed by atoms with Crippen molar-refractivity contribution in [2.45, 2.75) is 13.3 Å². The Morgan fingerprint density at radius 3 is 2.67 bits per heavy atom. The fourth-order valence-corrected chi connectivity index (χ4v) is 1.73. The highest BCUT2D eigenvalue weighted by molar-refractivity contribution is 8.15. The Labute approximate surface area is 65.0 Å². The van der Waals surface area contributed by atoms with E-state index in [1.165, 1.54) is 11.8 Å². The minimum atomic E-state index is 0.310. The van der Waals surface area contributed by atoms with Gasteiger partial charge in [-0.15, -0.1) is 0 Å². The van der Waals surface area contributed by atoms with Crippen LogP contribution in [-0.2, 0) is 4.79 Å². The van der Waals surface area contributed by atoms with Crippen LogP contribution in [0, 0.1) is 0 Å². The molecule has 0 aliphatic rings. The summed E-state index contributed by atoms with van der Waals surface area (Å²) in [6, 6.07) is 0. The minimum Gasteiger partial charge on any atom is -0.286 e. The van der Waals surface area contributed by atoms with E-state index in [1.807, 2.05) is 6.26 Å². The van der Waals surface area contributed by atoms with Gasteiger partial charge < -0.3 is 0 Å². The summed E-state index contributed by atoms with van der Waals surface area (Å²) in [6.07, 6.45) is 3.04. The highest BCUT2D eigenvalue weighted by atomic mass is 32.2. The van der Waals surface area contributed by atoms with Gasteiger partial charge in [-0.05, 0) is 12.7 Å². The molecular weight excluding hydrogens is 152 g/mol. The van der Waals surface area contributed by atoms with Crippen LogP contribution >= 0.6 is 23.5 Å². The van der Waals surface area contributed by atoms with Gasteiger partial charge >= 0.3 is 0 Å². The lowest BCUT2D eigenvalue weighted by molar-refractivity contribution is -0.108. The van der Waals surface area contributed by atoms with E-state index in [9.17, 15) is 4.79 Å². The third kappa shape index (κ3) is 6.25. The summed E-state index contributed by atoms with van der Waals surface area (Å²) in [4.78, 5) is 10.7. The second kappa shape index (κ2) is 6.49. The summed E-state index contributed by atoms with van der Waals surface area (Å²) in [5, 5.41) is 0.310. The zero-order valence-electron chi connectivity index (χ0n) is 5.85. The highest BCUT2D eigenvalue weighted by Crippen LogP contribution is 2.07. The second-order valence-electron chi connectivity index (χ2n) is 1.65. The highest BCUT2D eigenvalue weighted by Gasteiger charge is 1.97. The molecule has 0 bridgehead atoms. The molecule has 0 atom stereocenters. The van der Waals surface area contributed by atoms with E-state index < -0.39 is 0 Å². The van der Waals surface area contributed by atoms with E-state index in [1.54, 1.807) is 11.8 Å². The standard InChI is InChI=1S/C6H12OS2/c1-3-4-9-6(7)5-8-2/h3-5H2,1-2H3. The van der Waals surface area contributed by atoms with E-state index in [2.05, 4.69) is 6.92 Å². The average molecular weight is 164 g/mol. The molecule has 3 heteroatoms. The molecule has 1 nitrogen and oxygen atoms in total. The lowest BCUT2D eigenvalue weighted by Crippen LogP contribution is -1.94. The number of rotatable bonds is 4. The van der Waals surface area contributed by atoms with Crippen molar-refractivity contribution in [3.05, 3.63) is 0 Å². The first-order valence-corrected chi connectivity index (χ1v) is 5.33. The van der Waals surface area contributed by atoms with Gasteiger partial charge in [0.05, 0.1) is 5.75 Å². The molecule has 54 valence electrons. The van der Waals surface area contributed by atoms with E-state index in [-0.39, 0.29) is 0 Å². The fraction of sp³-hybridized carbons (Fsp3) is 0.833. The third-order valence-corrected chi connectivity index (χ3v) is 2.54. The number of carbonyl (C=O) groups is 1. The Hall–Kier alpha value is 0.370. The van der Waals surface area contributed by atoms with Crippen molar-refractivity contribution in [3.8, 4) is 0 Å². The first-order valence-electron chi connectivity index (χ1n) is 2.95. The van der Waals surface area contributed by atoms with Crippen molar-refractivity contribution in [1.82, 2.24) is 0 Å². The van der Waals surface area contributed by atoms with Crippen LogP contribution in [0.1, 0.15) is 13.3 Å². The van der Waals surface area contributed by atoms with Crippen LogP contribution in [0.15, 0.2) is 0 Å². The number of carbonyl (C=O) groups excluding carboxylic acids is 1. The van der Waals surface area contributed by atoms with Crippen LogP contribution in [0.25, 0.3) is 0 Å². The smallest absolute Gasteiger partial charge is 0.198 e. The third-order valence-electron chi connectivity index (χ3n) is 0.729. The molecule has 0 fully saturated rings. The molecule has 0 spiro atoms. The van der Waals surface area contributed by atoms with Crippen molar-refractivity contribution in [2.75, 3.05) is 17.8 Å². The molecule has 0 N–H and O–H groups in total.